The van der Waals surface area contributed by atoms with Crippen molar-refractivity contribution in [3.8, 4) is 5.75 Å². The van der Waals surface area contributed by atoms with Crippen LogP contribution in [0.2, 0.25) is 0 Å². The number of rotatable bonds is 9. The Balaban J connectivity index is 1.97. The van der Waals surface area contributed by atoms with Gasteiger partial charge in [-0.2, -0.15) is 0 Å². The average molecular weight is 354 g/mol. The van der Waals surface area contributed by atoms with E-state index in [-0.39, 0.29) is 17.2 Å². The van der Waals surface area contributed by atoms with E-state index in [2.05, 4.69) is 17.6 Å². The summed E-state index contributed by atoms with van der Waals surface area (Å²) in [6, 6.07) is 13.2. The Morgan fingerprint density at radius 1 is 0.846 bits per heavy atom. The summed E-state index contributed by atoms with van der Waals surface area (Å²) in [5, 5.41) is 15.4. The molecule has 0 aliphatic rings. The molecule has 0 spiro atoms. The van der Waals surface area contributed by atoms with Crippen LogP contribution in [0.25, 0.3) is 0 Å². The SMILES string of the molecule is CCCCCCCNC(=O)c1ccccc1NC(=O)c1ccccc1O. The maximum Gasteiger partial charge on any atom is 0.259 e. The van der Waals surface area contributed by atoms with Crippen molar-refractivity contribution in [2.75, 3.05) is 11.9 Å². The topological polar surface area (TPSA) is 78.4 Å². The Morgan fingerprint density at radius 2 is 1.50 bits per heavy atom. The largest absolute Gasteiger partial charge is 0.507 e. The average Bonchev–Trinajstić information content (AvgIpc) is 2.65. The number of anilines is 1. The Bertz CT molecular complexity index is 744. The van der Waals surface area contributed by atoms with Crippen molar-refractivity contribution in [2.24, 2.45) is 0 Å². The maximum atomic E-state index is 12.4. The summed E-state index contributed by atoms with van der Waals surface area (Å²) < 4.78 is 0. The molecule has 0 bridgehead atoms. The van der Waals surface area contributed by atoms with Gasteiger partial charge in [0.2, 0.25) is 0 Å². The van der Waals surface area contributed by atoms with Crippen LogP contribution < -0.4 is 10.6 Å². The van der Waals surface area contributed by atoms with Crippen molar-refractivity contribution >= 4 is 17.5 Å². The minimum atomic E-state index is -0.456. The number of aromatic hydroxyl groups is 1. The van der Waals surface area contributed by atoms with E-state index in [4.69, 9.17) is 0 Å². The maximum absolute atomic E-state index is 12.4. The third-order valence-electron chi connectivity index (χ3n) is 4.13. The van der Waals surface area contributed by atoms with E-state index in [9.17, 15) is 14.7 Å². The van der Waals surface area contributed by atoms with Gasteiger partial charge in [-0.1, -0.05) is 56.9 Å². The second-order valence-corrected chi connectivity index (χ2v) is 6.19. The molecule has 0 unspecified atom stereocenters. The standard InChI is InChI=1S/C21H26N2O3/c1-2-3-4-5-10-15-22-20(25)16-11-6-8-13-18(16)23-21(26)17-12-7-9-14-19(17)24/h6-9,11-14,24H,2-5,10,15H2,1H3,(H,22,25)(H,23,26). The first-order chi connectivity index (χ1) is 12.6. The predicted molar refractivity (Wildman–Crippen MR) is 104 cm³/mol. The molecule has 2 rings (SSSR count). The molecule has 5 heteroatoms. The molecular weight excluding hydrogens is 328 g/mol. The number of carbonyl (C=O) groups excluding carboxylic acids is 2. The molecule has 138 valence electrons. The minimum absolute atomic E-state index is 0.0981. The summed E-state index contributed by atoms with van der Waals surface area (Å²) in [7, 11) is 0. The molecule has 3 N–H and O–H groups in total. The van der Waals surface area contributed by atoms with E-state index < -0.39 is 5.91 Å². The number of unbranched alkanes of at least 4 members (excludes halogenated alkanes) is 4. The van der Waals surface area contributed by atoms with Crippen molar-refractivity contribution in [1.29, 1.82) is 0 Å². The van der Waals surface area contributed by atoms with E-state index >= 15 is 0 Å². The zero-order valence-electron chi connectivity index (χ0n) is 15.1. The second-order valence-electron chi connectivity index (χ2n) is 6.19. The van der Waals surface area contributed by atoms with E-state index in [1.807, 2.05) is 0 Å². The Kier molecular flexibility index (Phi) is 7.68. The van der Waals surface area contributed by atoms with Crippen LogP contribution in [0.5, 0.6) is 5.75 Å². The lowest BCUT2D eigenvalue weighted by atomic mass is 10.1. The molecular formula is C21H26N2O3. The number of amides is 2. The van der Waals surface area contributed by atoms with Crippen LogP contribution in [0, 0.1) is 0 Å². The van der Waals surface area contributed by atoms with Crippen LogP contribution >= 0.6 is 0 Å². The molecule has 0 atom stereocenters. The number of hydrogen-bond donors (Lipinski definition) is 3. The lowest BCUT2D eigenvalue weighted by molar-refractivity contribution is 0.0954. The quantitative estimate of drug-likeness (QED) is 0.586. The van der Waals surface area contributed by atoms with Crippen molar-refractivity contribution in [2.45, 2.75) is 39.0 Å². The molecule has 0 aliphatic carbocycles. The van der Waals surface area contributed by atoms with Gasteiger partial charge >= 0.3 is 0 Å². The van der Waals surface area contributed by atoms with E-state index in [0.717, 1.165) is 12.8 Å². The minimum Gasteiger partial charge on any atom is -0.507 e. The fraction of sp³-hybridized carbons (Fsp3) is 0.333. The molecule has 0 radical (unpaired) electrons. The van der Waals surface area contributed by atoms with Gasteiger partial charge in [0, 0.05) is 6.54 Å². The first-order valence-corrected chi connectivity index (χ1v) is 9.10. The summed E-state index contributed by atoms with van der Waals surface area (Å²) in [5.74, 6) is -0.768. The molecule has 0 saturated heterocycles. The van der Waals surface area contributed by atoms with Gasteiger partial charge in [0.15, 0.2) is 0 Å². The highest BCUT2D eigenvalue weighted by Crippen LogP contribution is 2.20. The smallest absolute Gasteiger partial charge is 0.259 e. The summed E-state index contributed by atoms with van der Waals surface area (Å²) >= 11 is 0. The van der Waals surface area contributed by atoms with Gasteiger partial charge in [-0.3, -0.25) is 9.59 Å². The van der Waals surface area contributed by atoms with Gasteiger partial charge in [0.05, 0.1) is 16.8 Å². The van der Waals surface area contributed by atoms with Gasteiger partial charge in [-0.15, -0.1) is 0 Å². The molecule has 2 aromatic rings. The number of phenolic OH excluding ortho intramolecular Hbond substituents is 1. The van der Waals surface area contributed by atoms with Crippen molar-refractivity contribution in [1.82, 2.24) is 5.32 Å². The molecule has 0 fully saturated rings. The number of phenols is 1. The molecule has 2 amide bonds. The van der Waals surface area contributed by atoms with Crippen molar-refractivity contribution < 1.29 is 14.7 Å². The fourth-order valence-corrected chi connectivity index (χ4v) is 2.67. The van der Waals surface area contributed by atoms with Crippen molar-refractivity contribution in [3.63, 3.8) is 0 Å². The summed E-state index contributed by atoms with van der Waals surface area (Å²) in [6.07, 6.45) is 5.63. The van der Waals surface area contributed by atoms with Crippen LogP contribution in [-0.2, 0) is 0 Å². The summed E-state index contributed by atoms with van der Waals surface area (Å²) in [6.45, 7) is 2.78. The summed E-state index contributed by atoms with van der Waals surface area (Å²) in [5.41, 5.74) is 0.993. The van der Waals surface area contributed by atoms with Gasteiger partial charge in [0.25, 0.3) is 11.8 Å². The lowest BCUT2D eigenvalue weighted by Crippen LogP contribution is -2.26. The molecule has 2 aromatic carbocycles. The Morgan fingerprint density at radius 3 is 2.23 bits per heavy atom. The number of para-hydroxylation sites is 2. The normalized spacial score (nSPS) is 10.3. The Hall–Kier alpha value is -2.82. The van der Waals surface area contributed by atoms with Crippen molar-refractivity contribution in [3.05, 3.63) is 59.7 Å². The first-order valence-electron chi connectivity index (χ1n) is 9.10. The fourth-order valence-electron chi connectivity index (χ4n) is 2.67. The zero-order chi connectivity index (χ0) is 18.8. The molecule has 0 aromatic heterocycles. The predicted octanol–water partition coefficient (Wildman–Crippen LogP) is 4.34. The molecule has 0 aliphatic heterocycles. The first kappa shape index (κ1) is 19.5. The highest BCUT2D eigenvalue weighted by Gasteiger charge is 2.15. The third-order valence-corrected chi connectivity index (χ3v) is 4.13. The number of benzene rings is 2. The van der Waals surface area contributed by atoms with Gasteiger partial charge in [-0.25, -0.2) is 0 Å². The van der Waals surface area contributed by atoms with E-state index in [1.165, 1.54) is 31.4 Å². The van der Waals surface area contributed by atoms with Crippen LogP contribution in [0.4, 0.5) is 5.69 Å². The van der Waals surface area contributed by atoms with Gasteiger partial charge < -0.3 is 15.7 Å². The zero-order valence-corrected chi connectivity index (χ0v) is 15.1. The van der Waals surface area contributed by atoms with Gasteiger partial charge in [-0.05, 0) is 30.7 Å². The molecule has 0 heterocycles. The second kappa shape index (κ2) is 10.2. The molecule has 5 nitrogen and oxygen atoms in total. The summed E-state index contributed by atoms with van der Waals surface area (Å²) in [4.78, 5) is 24.8. The molecule has 26 heavy (non-hydrogen) atoms. The molecule has 0 saturated carbocycles. The highest BCUT2D eigenvalue weighted by atomic mass is 16.3. The van der Waals surface area contributed by atoms with Crippen LogP contribution in [-0.4, -0.2) is 23.5 Å². The third kappa shape index (κ3) is 5.62. The van der Waals surface area contributed by atoms with Gasteiger partial charge in [0.1, 0.15) is 5.75 Å². The van der Waals surface area contributed by atoms with Crippen LogP contribution in [0.15, 0.2) is 48.5 Å². The van der Waals surface area contributed by atoms with E-state index in [0.29, 0.717) is 17.8 Å². The number of carbonyl (C=O) groups is 2. The highest BCUT2D eigenvalue weighted by molar-refractivity contribution is 6.10. The number of hydrogen-bond acceptors (Lipinski definition) is 3. The monoisotopic (exact) mass is 354 g/mol. The lowest BCUT2D eigenvalue weighted by Gasteiger charge is -2.12. The van der Waals surface area contributed by atoms with Crippen LogP contribution in [0.1, 0.15) is 59.7 Å². The Labute approximate surface area is 154 Å². The van der Waals surface area contributed by atoms with Crippen LogP contribution in [0.3, 0.4) is 0 Å². The van der Waals surface area contributed by atoms with E-state index in [1.54, 1.807) is 36.4 Å². The number of nitrogens with one attached hydrogen (secondary N) is 2.